The van der Waals surface area contributed by atoms with Crippen LogP contribution in [0, 0.1) is 6.57 Å². The minimum Gasteiger partial charge on any atom is -0.417 e. The van der Waals surface area contributed by atoms with E-state index in [4.69, 9.17) is 16.7 Å². The molecule has 0 amide bonds. The SMILES string of the molecule is [C-]#[N+]c1nc(C(C)C)oc1N. The van der Waals surface area contributed by atoms with Crippen molar-refractivity contribution in [1.82, 2.24) is 4.98 Å². The van der Waals surface area contributed by atoms with Crippen molar-refractivity contribution in [2.75, 3.05) is 5.73 Å². The highest BCUT2D eigenvalue weighted by Gasteiger charge is 2.15. The zero-order chi connectivity index (χ0) is 8.43. The van der Waals surface area contributed by atoms with Crippen molar-refractivity contribution >= 4 is 11.7 Å². The molecular formula is C7H9N3O. The summed E-state index contributed by atoms with van der Waals surface area (Å²) in [5, 5.41) is 0. The molecule has 4 nitrogen and oxygen atoms in total. The maximum Gasteiger partial charge on any atom is 0.332 e. The summed E-state index contributed by atoms with van der Waals surface area (Å²) in [4.78, 5) is 6.98. The van der Waals surface area contributed by atoms with Crippen LogP contribution in [0.2, 0.25) is 0 Å². The predicted molar refractivity (Wildman–Crippen MR) is 41.3 cm³/mol. The van der Waals surface area contributed by atoms with Crippen LogP contribution in [0.25, 0.3) is 4.85 Å². The van der Waals surface area contributed by atoms with Gasteiger partial charge in [-0.25, -0.2) is 0 Å². The topological polar surface area (TPSA) is 56.4 Å². The van der Waals surface area contributed by atoms with Crippen LogP contribution in [0.4, 0.5) is 11.7 Å². The van der Waals surface area contributed by atoms with E-state index in [1.54, 1.807) is 0 Å². The highest BCUT2D eigenvalue weighted by molar-refractivity contribution is 5.54. The predicted octanol–water partition coefficient (Wildman–Crippen LogP) is 1.93. The van der Waals surface area contributed by atoms with E-state index in [0.717, 1.165) is 0 Å². The molecule has 0 saturated heterocycles. The van der Waals surface area contributed by atoms with Crippen LogP contribution in [0.3, 0.4) is 0 Å². The molecule has 0 aliphatic carbocycles. The summed E-state index contributed by atoms with van der Waals surface area (Å²) in [5.41, 5.74) is 5.35. The Hall–Kier alpha value is -1.50. The van der Waals surface area contributed by atoms with Crippen molar-refractivity contribution in [1.29, 1.82) is 0 Å². The maximum absolute atomic E-state index is 6.66. The Bertz CT molecular complexity index is 295. The van der Waals surface area contributed by atoms with Crippen LogP contribution >= 0.6 is 0 Å². The van der Waals surface area contributed by atoms with Gasteiger partial charge in [-0.05, 0) is 0 Å². The zero-order valence-electron chi connectivity index (χ0n) is 6.46. The van der Waals surface area contributed by atoms with Crippen LogP contribution in [0.5, 0.6) is 0 Å². The largest absolute Gasteiger partial charge is 0.417 e. The standard InChI is InChI=1S/C7H9N3O/c1-4(2)7-10-6(9-3)5(8)11-7/h4H,8H2,1-2H3. The normalized spacial score (nSPS) is 10.0. The lowest BCUT2D eigenvalue weighted by atomic mass is 10.2. The lowest BCUT2D eigenvalue weighted by Gasteiger charge is -1.89. The highest BCUT2D eigenvalue weighted by atomic mass is 16.4. The molecule has 0 fully saturated rings. The van der Waals surface area contributed by atoms with E-state index in [-0.39, 0.29) is 17.6 Å². The van der Waals surface area contributed by atoms with Crippen molar-refractivity contribution in [3.63, 3.8) is 0 Å². The smallest absolute Gasteiger partial charge is 0.332 e. The molecule has 0 bridgehead atoms. The van der Waals surface area contributed by atoms with E-state index in [2.05, 4.69) is 9.83 Å². The molecule has 0 aromatic carbocycles. The first-order valence-electron chi connectivity index (χ1n) is 3.28. The quantitative estimate of drug-likeness (QED) is 0.624. The van der Waals surface area contributed by atoms with Crippen LogP contribution < -0.4 is 5.73 Å². The van der Waals surface area contributed by atoms with Gasteiger partial charge in [0.15, 0.2) is 0 Å². The van der Waals surface area contributed by atoms with Gasteiger partial charge in [-0.2, -0.15) is 0 Å². The van der Waals surface area contributed by atoms with Gasteiger partial charge in [0, 0.05) is 0 Å². The van der Waals surface area contributed by atoms with Crippen LogP contribution in [0.15, 0.2) is 4.42 Å². The molecule has 0 spiro atoms. The molecule has 11 heavy (non-hydrogen) atoms. The van der Waals surface area contributed by atoms with Gasteiger partial charge < -0.3 is 15.0 Å². The fraction of sp³-hybridized carbons (Fsp3) is 0.429. The van der Waals surface area contributed by atoms with Gasteiger partial charge in [0.05, 0.1) is 5.92 Å². The van der Waals surface area contributed by atoms with Crippen LogP contribution in [-0.4, -0.2) is 4.98 Å². The Morgan fingerprint density at radius 2 is 2.27 bits per heavy atom. The van der Waals surface area contributed by atoms with E-state index in [0.29, 0.717) is 5.89 Å². The lowest BCUT2D eigenvalue weighted by Crippen LogP contribution is -1.84. The van der Waals surface area contributed by atoms with E-state index in [1.165, 1.54) is 0 Å². The lowest BCUT2D eigenvalue weighted by molar-refractivity contribution is 0.485. The molecule has 0 unspecified atom stereocenters. The molecule has 0 radical (unpaired) electrons. The molecule has 58 valence electrons. The third-order valence-electron chi connectivity index (χ3n) is 1.25. The Balaban J connectivity index is 3.07. The van der Waals surface area contributed by atoms with Gasteiger partial charge in [-0.3, -0.25) is 0 Å². The summed E-state index contributed by atoms with van der Waals surface area (Å²) >= 11 is 0. The van der Waals surface area contributed by atoms with Gasteiger partial charge in [-0.1, -0.05) is 25.4 Å². The number of oxazole rings is 1. The molecule has 1 rings (SSSR count). The Kier molecular flexibility index (Phi) is 1.81. The number of rotatable bonds is 1. The molecule has 0 saturated carbocycles. The van der Waals surface area contributed by atoms with Crippen LogP contribution in [0.1, 0.15) is 25.7 Å². The average Bonchev–Trinajstić information content (AvgIpc) is 2.31. The summed E-state index contributed by atoms with van der Waals surface area (Å²) in [6.45, 7) is 10.5. The molecule has 0 atom stereocenters. The Labute approximate surface area is 64.8 Å². The first-order valence-corrected chi connectivity index (χ1v) is 3.28. The molecule has 1 aromatic heterocycles. The van der Waals surface area contributed by atoms with Gasteiger partial charge in [-0.15, -0.1) is 0 Å². The van der Waals surface area contributed by atoms with E-state index >= 15 is 0 Å². The molecule has 0 aliphatic heterocycles. The number of nitrogens with two attached hydrogens (primary N) is 1. The molecular weight excluding hydrogens is 142 g/mol. The zero-order valence-corrected chi connectivity index (χ0v) is 6.46. The number of anilines is 1. The summed E-state index contributed by atoms with van der Waals surface area (Å²) in [6.07, 6.45) is 0. The van der Waals surface area contributed by atoms with Crippen LogP contribution in [-0.2, 0) is 0 Å². The number of hydrogen-bond donors (Lipinski definition) is 1. The molecule has 1 aromatic rings. The van der Waals surface area contributed by atoms with Gasteiger partial charge >= 0.3 is 5.82 Å². The first kappa shape index (κ1) is 7.61. The number of aromatic nitrogens is 1. The van der Waals surface area contributed by atoms with E-state index < -0.39 is 0 Å². The fourth-order valence-corrected chi connectivity index (χ4v) is 0.668. The van der Waals surface area contributed by atoms with Gasteiger partial charge in [0.1, 0.15) is 0 Å². The summed E-state index contributed by atoms with van der Waals surface area (Å²) in [6, 6.07) is 0. The Morgan fingerprint density at radius 1 is 1.64 bits per heavy atom. The van der Waals surface area contributed by atoms with E-state index in [1.807, 2.05) is 13.8 Å². The first-order chi connectivity index (χ1) is 5.15. The summed E-state index contributed by atoms with van der Waals surface area (Å²) in [5.74, 6) is 0.971. The minimum absolute atomic E-state index is 0.115. The van der Waals surface area contributed by atoms with Crippen molar-refractivity contribution in [3.8, 4) is 0 Å². The summed E-state index contributed by atoms with van der Waals surface area (Å²) < 4.78 is 5.02. The number of nitrogen functional groups attached to an aromatic ring is 1. The molecule has 4 heteroatoms. The van der Waals surface area contributed by atoms with Gasteiger partial charge in [0.2, 0.25) is 5.88 Å². The van der Waals surface area contributed by atoms with Crippen molar-refractivity contribution < 1.29 is 4.42 Å². The van der Waals surface area contributed by atoms with Crippen molar-refractivity contribution in [3.05, 3.63) is 17.3 Å². The Morgan fingerprint density at radius 3 is 2.55 bits per heavy atom. The fourth-order valence-electron chi connectivity index (χ4n) is 0.668. The summed E-state index contributed by atoms with van der Waals surface area (Å²) in [7, 11) is 0. The van der Waals surface area contributed by atoms with Crippen molar-refractivity contribution in [2.24, 2.45) is 0 Å². The number of hydrogen-bond acceptors (Lipinski definition) is 3. The maximum atomic E-state index is 6.66. The number of nitrogens with zero attached hydrogens (tertiary/aromatic N) is 2. The third-order valence-corrected chi connectivity index (χ3v) is 1.25. The molecule has 2 N–H and O–H groups in total. The second-order valence-corrected chi connectivity index (χ2v) is 2.51. The van der Waals surface area contributed by atoms with E-state index in [9.17, 15) is 0 Å². The minimum atomic E-state index is 0.115. The second kappa shape index (κ2) is 2.62. The van der Waals surface area contributed by atoms with Gasteiger partial charge in [0.25, 0.3) is 5.89 Å². The third kappa shape index (κ3) is 1.32. The highest BCUT2D eigenvalue weighted by Crippen LogP contribution is 2.25. The molecule has 0 aliphatic rings. The second-order valence-electron chi connectivity index (χ2n) is 2.51. The monoisotopic (exact) mass is 151 g/mol. The molecule has 1 heterocycles. The average molecular weight is 151 g/mol. The van der Waals surface area contributed by atoms with Crippen molar-refractivity contribution in [2.45, 2.75) is 19.8 Å².